The standard InChI is InChI=1S/C26H39F3N2O3/c1-17(2)25(11-8-21(15-25)31-20-9-12-33-13-10-20)23(32)30-16-18-14-19(26(27,28)29)6-7-22(18)34-24(3,4)5/h6-7,14,17,20-21,31H,8-13,15-16H2,1-5H3,(H,30,32)/t21-,25+/m1/s1. The zero-order valence-electron chi connectivity index (χ0n) is 21.0. The smallest absolute Gasteiger partial charge is 0.416 e. The minimum atomic E-state index is -4.47. The molecule has 1 heterocycles. The van der Waals surface area contributed by atoms with E-state index in [0.29, 0.717) is 17.4 Å². The molecule has 3 rings (SSSR count). The molecule has 8 heteroatoms. The topological polar surface area (TPSA) is 59.6 Å². The monoisotopic (exact) mass is 484 g/mol. The first-order valence-corrected chi connectivity index (χ1v) is 12.3. The second-order valence-corrected chi connectivity index (χ2v) is 11.0. The Balaban J connectivity index is 1.73. The van der Waals surface area contributed by atoms with Crippen molar-refractivity contribution in [3.8, 4) is 5.75 Å². The van der Waals surface area contributed by atoms with Crippen molar-refractivity contribution in [2.24, 2.45) is 11.3 Å². The third kappa shape index (κ3) is 6.66. The molecule has 0 bridgehead atoms. The average molecular weight is 485 g/mol. The van der Waals surface area contributed by atoms with Crippen LogP contribution in [0.5, 0.6) is 5.75 Å². The van der Waals surface area contributed by atoms with E-state index in [1.165, 1.54) is 6.07 Å². The maximum absolute atomic E-state index is 13.5. The van der Waals surface area contributed by atoms with Gasteiger partial charge < -0.3 is 20.1 Å². The van der Waals surface area contributed by atoms with Gasteiger partial charge in [0.05, 0.1) is 11.0 Å². The summed E-state index contributed by atoms with van der Waals surface area (Å²) in [6, 6.07) is 4.10. The molecule has 0 spiro atoms. The largest absolute Gasteiger partial charge is 0.488 e. The summed E-state index contributed by atoms with van der Waals surface area (Å²) in [6.07, 6.45) is -0.127. The van der Waals surface area contributed by atoms with Crippen molar-refractivity contribution in [1.29, 1.82) is 0 Å². The van der Waals surface area contributed by atoms with Gasteiger partial charge in [0.2, 0.25) is 5.91 Å². The van der Waals surface area contributed by atoms with Gasteiger partial charge >= 0.3 is 6.18 Å². The number of hydrogen-bond acceptors (Lipinski definition) is 4. The number of rotatable bonds is 7. The predicted octanol–water partition coefficient (Wildman–Crippen LogP) is 5.46. The van der Waals surface area contributed by atoms with E-state index in [2.05, 4.69) is 24.5 Å². The first kappa shape index (κ1) is 26.8. The van der Waals surface area contributed by atoms with E-state index in [1.807, 2.05) is 20.8 Å². The first-order chi connectivity index (χ1) is 15.8. The quantitative estimate of drug-likeness (QED) is 0.539. The van der Waals surface area contributed by atoms with Crippen LogP contribution in [0, 0.1) is 11.3 Å². The molecule has 1 saturated carbocycles. The molecule has 0 unspecified atom stereocenters. The molecule has 0 radical (unpaired) electrons. The van der Waals surface area contributed by atoms with Crippen LogP contribution in [0.4, 0.5) is 13.2 Å². The number of hydrogen-bond donors (Lipinski definition) is 2. The number of benzene rings is 1. The Hall–Kier alpha value is -1.80. The molecule has 2 N–H and O–H groups in total. The summed E-state index contributed by atoms with van der Waals surface area (Å²) in [5.74, 6) is 0.364. The first-order valence-electron chi connectivity index (χ1n) is 12.3. The number of carbonyl (C=O) groups is 1. The van der Waals surface area contributed by atoms with Crippen LogP contribution in [-0.2, 0) is 22.3 Å². The normalized spacial score (nSPS) is 24.4. The van der Waals surface area contributed by atoms with Crippen molar-refractivity contribution in [3.63, 3.8) is 0 Å². The number of alkyl halides is 3. The van der Waals surface area contributed by atoms with Crippen LogP contribution in [-0.4, -0.2) is 36.8 Å². The molecule has 1 aromatic carbocycles. The summed E-state index contributed by atoms with van der Waals surface area (Å²) in [4.78, 5) is 13.5. The van der Waals surface area contributed by atoms with Crippen LogP contribution in [0.2, 0.25) is 0 Å². The van der Waals surface area contributed by atoms with Gasteiger partial charge in [0.25, 0.3) is 0 Å². The Kier molecular flexibility index (Phi) is 8.23. The van der Waals surface area contributed by atoms with Crippen LogP contribution < -0.4 is 15.4 Å². The van der Waals surface area contributed by atoms with Gasteiger partial charge in [-0.05, 0) is 77.0 Å². The maximum Gasteiger partial charge on any atom is 0.416 e. The average Bonchev–Trinajstić information content (AvgIpc) is 3.17. The minimum Gasteiger partial charge on any atom is -0.488 e. The molecule has 1 amide bonds. The van der Waals surface area contributed by atoms with Crippen molar-refractivity contribution in [2.45, 2.75) is 97.1 Å². The number of nitrogens with one attached hydrogen (secondary N) is 2. The minimum absolute atomic E-state index is 0.0132. The lowest BCUT2D eigenvalue weighted by Gasteiger charge is -2.33. The van der Waals surface area contributed by atoms with E-state index in [0.717, 1.165) is 57.5 Å². The lowest BCUT2D eigenvalue weighted by atomic mass is 9.74. The van der Waals surface area contributed by atoms with E-state index in [-0.39, 0.29) is 24.4 Å². The molecular formula is C26H39F3N2O3. The zero-order chi connectivity index (χ0) is 25.1. The molecule has 1 aliphatic carbocycles. The summed E-state index contributed by atoms with van der Waals surface area (Å²) in [7, 11) is 0. The van der Waals surface area contributed by atoms with Crippen molar-refractivity contribution in [1.82, 2.24) is 10.6 Å². The summed E-state index contributed by atoms with van der Waals surface area (Å²) >= 11 is 0. The van der Waals surface area contributed by atoms with E-state index in [9.17, 15) is 18.0 Å². The van der Waals surface area contributed by atoms with E-state index < -0.39 is 22.8 Å². The number of ether oxygens (including phenoxy) is 2. The summed E-state index contributed by atoms with van der Waals surface area (Å²) in [6.45, 7) is 11.1. The molecule has 2 aliphatic rings. The van der Waals surface area contributed by atoms with Crippen molar-refractivity contribution < 1.29 is 27.4 Å². The van der Waals surface area contributed by atoms with Crippen molar-refractivity contribution >= 4 is 5.91 Å². The fraction of sp³-hybridized carbons (Fsp3) is 0.731. The SMILES string of the molecule is CC(C)[C@]1(C(=O)NCc2cc(C(F)(F)F)ccc2OC(C)(C)C)CC[C@@H](NC2CCOCC2)C1. The number of amides is 1. The fourth-order valence-electron chi connectivity index (χ4n) is 5.08. The summed E-state index contributed by atoms with van der Waals surface area (Å²) in [5, 5.41) is 6.67. The summed E-state index contributed by atoms with van der Waals surface area (Å²) in [5.41, 5.74) is -1.55. The van der Waals surface area contributed by atoms with Gasteiger partial charge in [0.15, 0.2) is 0 Å². The lowest BCUT2D eigenvalue weighted by molar-refractivity contribution is -0.137. The predicted molar refractivity (Wildman–Crippen MR) is 126 cm³/mol. The number of halogens is 3. The van der Waals surface area contributed by atoms with Gasteiger partial charge in [-0.25, -0.2) is 0 Å². The van der Waals surface area contributed by atoms with Crippen molar-refractivity contribution in [2.75, 3.05) is 13.2 Å². The molecule has 34 heavy (non-hydrogen) atoms. The Labute approximate surface area is 201 Å². The van der Waals surface area contributed by atoms with E-state index in [4.69, 9.17) is 9.47 Å². The van der Waals surface area contributed by atoms with Gasteiger partial charge in [0, 0.05) is 37.4 Å². The second-order valence-electron chi connectivity index (χ2n) is 11.0. The molecule has 1 aliphatic heterocycles. The molecule has 5 nitrogen and oxygen atoms in total. The fourth-order valence-corrected chi connectivity index (χ4v) is 5.08. The maximum atomic E-state index is 13.5. The highest BCUT2D eigenvalue weighted by atomic mass is 19.4. The van der Waals surface area contributed by atoms with Crippen molar-refractivity contribution in [3.05, 3.63) is 29.3 Å². The second kappa shape index (κ2) is 10.4. The molecular weight excluding hydrogens is 445 g/mol. The Morgan fingerprint density at radius 2 is 1.82 bits per heavy atom. The van der Waals surface area contributed by atoms with Gasteiger partial charge in [-0.2, -0.15) is 13.2 Å². The highest BCUT2D eigenvalue weighted by Gasteiger charge is 2.47. The zero-order valence-corrected chi connectivity index (χ0v) is 21.0. The highest BCUT2D eigenvalue weighted by Crippen LogP contribution is 2.45. The van der Waals surface area contributed by atoms with Gasteiger partial charge in [-0.3, -0.25) is 4.79 Å². The lowest BCUT2D eigenvalue weighted by Crippen LogP contribution is -2.45. The van der Waals surface area contributed by atoms with Gasteiger partial charge in [-0.1, -0.05) is 13.8 Å². The number of carbonyl (C=O) groups excluding carboxylic acids is 1. The van der Waals surface area contributed by atoms with Crippen LogP contribution in [0.3, 0.4) is 0 Å². The third-order valence-corrected chi connectivity index (χ3v) is 7.04. The summed E-state index contributed by atoms with van der Waals surface area (Å²) < 4.78 is 51.4. The molecule has 2 atom stereocenters. The molecule has 192 valence electrons. The van der Waals surface area contributed by atoms with Gasteiger partial charge in [0.1, 0.15) is 11.4 Å². The Morgan fingerprint density at radius 3 is 2.41 bits per heavy atom. The molecule has 0 aromatic heterocycles. The molecule has 2 fully saturated rings. The van der Waals surface area contributed by atoms with Gasteiger partial charge in [-0.15, -0.1) is 0 Å². The van der Waals surface area contributed by atoms with Crippen LogP contribution >= 0.6 is 0 Å². The van der Waals surface area contributed by atoms with E-state index >= 15 is 0 Å². The Bertz CT molecular complexity index is 845. The molecule has 1 saturated heterocycles. The Morgan fingerprint density at radius 1 is 1.15 bits per heavy atom. The van der Waals surface area contributed by atoms with Crippen LogP contribution in [0.1, 0.15) is 77.8 Å². The molecule has 1 aromatic rings. The highest BCUT2D eigenvalue weighted by molar-refractivity contribution is 5.83. The van der Waals surface area contributed by atoms with Crippen LogP contribution in [0.25, 0.3) is 0 Å². The van der Waals surface area contributed by atoms with E-state index in [1.54, 1.807) is 0 Å². The van der Waals surface area contributed by atoms with Crippen LogP contribution in [0.15, 0.2) is 18.2 Å². The third-order valence-electron chi connectivity index (χ3n) is 7.04.